The minimum atomic E-state index is 0.845. The first kappa shape index (κ1) is 16.1. The zero-order chi connectivity index (χ0) is 16.1. The van der Waals surface area contributed by atoms with Crippen LogP contribution in [0.25, 0.3) is 0 Å². The van der Waals surface area contributed by atoms with Gasteiger partial charge in [-0.3, -0.25) is 0 Å². The summed E-state index contributed by atoms with van der Waals surface area (Å²) in [7, 11) is 1.69. The second-order valence-electron chi connectivity index (χ2n) is 5.04. The molecule has 1 aromatic carbocycles. The van der Waals surface area contributed by atoms with Gasteiger partial charge in [0.25, 0.3) is 0 Å². The van der Waals surface area contributed by atoms with Gasteiger partial charge in [-0.25, -0.2) is 0 Å². The van der Waals surface area contributed by atoms with E-state index < -0.39 is 0 Å². The number of rotatable bonds is 7. The molecule has 0 spiro atoms. The summed E-state index contributed by atoms with van der Waals surface area (Å²) in [6.07, 6.45) is 0.845. The molecule has 0 aliphatic heterocycles. The molecule has 6 heteroatoms. The lowest BCUT2D eigenvalue weighted by molar-refractivity contribution is 0.414. The molecule has 0 saturated heterocycles. The van der Waals surface area contributed by atoms with Crippen LogP contribution < -0.4 is 4.74 Å². The Morgan fingerprint density at radius 1 is 1.22 bits per heavy atom. The fraction of sp³-hybridized carbons (Fsp3) is 0.294. The fourth-order valence-electron chi connectivity index (χ4n) is 2.35. The van der Waals surface area contributed by atoms with E-state index in [1.54, 1.807) is 30.2 Å². The summed E-state index contributed by atoms with van der Waals surface area (Å²) >= 11 is 3.47. The highest BCUT2D eigenvalue weighted by Gasteiger charge is 2.12. The van der Waals surface area contributed by atoms with Crippen LogP contribution in [0.1, 0.15) is 23.2 Å². The second-order valence-corrected chi connectivity index (χ2v) is 7.01. The third-order valence-corrected chi connectivity index (χ3v) is 5.44. The molecular formula is C17H19N3OS2. The quantitative estimate of drug-likeness (QED) is 0.600. The van der Waals surface area contributed by atoms with Crippen molar-refractivity contribution in [1.29, 1.82) is 0 Å². The van der Waals surface area contributed by atoms with Crippen LogP contribution >= 0.6 is 23.1 Å². The van der Waals surface area contributed by atoms with E-state index in [4.69, 9.17) is 4.74 Å². The fourth-order valence-corrected chi connectivity index (χ4v) is 4.02. The van der Waals surface area contributed by atoms with E-state index in [1.165, 1.54) is 10.4 Å². The Balaban J connectivity index is 1.71. The molecule has 0 fully saturated rings. The average Bonchev–Trinajstić information content (AvgIpc) is 3.23. The topological polar surface area (TPSA) is 39.9 Å². The first-order chi connectivity index (χ1) is 11.3. The van der Waals surface area contributed by atoms with Gasteiger partial charge in [-0.15, -0.1) is 21.5 Å². The van der Waals surface area contributed by atoms with Crippen LogP contribution in [0.2, 0.25) is 0 Å². The number of hydrogen-bond donors (Lipinski definition) is 0. The SMILES string of the molecule is CCn1c(Cc2cccs2)nnc1SCc1cccc(OC)c1. The van der Waals surface area contributed by atoms with Crippen LogP contribution in [0.3, 0.4) is 0 Å². The number of ether oxygens (including phenoxy) is 1. The Labute approximate surface area is 144 Å². The van der Waals surface area contributed by atoms with Crippen LogP contribution in [0.5, 0.6) is 5.75 Å². The number of thioether (sulfide) groups is 1. The molecule has 0 atom stereocenters. The lowest BCUT2D eigenvalue weighted by Gasteiger charge is -2.07. The van der Waals surface area contributed by atoms with Crippen molar-refractivity contribution in [3.63, 3.8) is 0 Å². The highest BCUT2D eigenvalue weighted by Crippen LogP contribution is 2.25. The first-order valence-electron chi connectivity index (χ1n) is 7.50. The van der Waals surface area contributed by atoms with E-state index in [2.05, 4.69) is 51.3 Å². The van der Waals surface area contributed by atoms with E-state index in [0.717, 1.165) is 35.4 Å². The third kappa shape index (κ3) is 3.95. The van der Waals surface area contributed by atoms with Crippen LogP contribution in [0, 0.1) is 0 Å². The van der Waals surface area contributed by atoms with Crippen molar-refractivity contribution in [1.82, 2.24) is 14.8 Å². The van der Waals surface area contributed by atoms with E-state index >= 15 is 0 Å². The largest absolute Gasteiger partial charge is 0.497 e. The lowest BCUT2D eigenvalue weighted by atomic mass is 10.2. The molecule has 3 aromatic rings. The van der Waals surface area contributed by atoms with E-state index in [1.807, 2.05) is 12.1 Å². The van der Waals surface area contributed by atoms with Gasteiger partial charge in [0, 0.05) is 23.6 Å². The minimum absolute atomic E-state index is 0.845. The Hall–Kier alpha value is -1.79. The maximum atomic E-state index is 5.27. The monoisotopic (exact) mass is 345 g/mol. The maximum Gasteiger partial charge on any atom is 0.191 e. The molecule has 23 heavy (non-hydrogen) atoms. The van der Waals surface area contributed by atoms with Gasteiger partial charge in [0.15, 0.2) is 5.16 Å². The summed E-state index contributed by atoms with van der Waals surface area (Å²) < 4.78 is 7.47. The number of methoxy groups -OCH3 is 1. The van der Waals surface area contributed by atoms with Crippen LogP contribution in [0.15, 0.2) is 46.9 Å². The van der Waals surface area contributed by atoms with Gasteiger partial charge in [-0.1, -0.05) is 30.0 Å². The molecule has 2 heterocycles. The number of aromatic nitrogens is 3. The normalized spacial score (nSPS) is 10.9. The molecule has 4 nitrogen and oxygen atoms in total. The molecule has 0 aliphatic rings. The van der Waals surface area contributed by atoms with Crippen molar-refractivity contribution in [2.45, 2.75) is 30.8 Å². The van der Waals surface area contributed by atoms with E-state index in [0.29, 0.717) is 0 Å². The minimum Gasteiger partial charge on any atom is -0.497 e. The van der Waals surface area contributed by atoms with Crippen LogP contribution in [-0.2, 0) is 18.7 Å². The summed E-state index contributed by atoms with van der Waals surface area (Å²) in [6, 6.07) is 12.4. The Morgan fingerprint density at radius 3 is 2.87 bits per heavy atom. The summed E-state index contributed by atoms with van der Waals surface area (Å²) in [5, 5.41) is 11.8. The van der Waals surface area contributed by atoms with Gasteiger partial charge in [0.05, 0.1) is 7.11 Å². The maximum absolute atomic E-state index is 5.27. The van der Waals surface area contributed by atoms with Crippen LogP contribution in [0.4, 0.5) is 0 Å². The predicted octanol–water partition coefficient (Wildman–Crippen LogP) is 4.25. The Kier molecular flexibility index (Phi) is 5.35. The predicted molar refractivity (Wildman–Crippen MR) is 95.4 cm³/mol. The van der Waals surface area contributed by atoms with Crippen LogP contribution in [-0.4, -0.2) is 21.9 Å². The summed E-state index contributed by atoms with van der Waals surface area (Å²) in [6.45, 7) is 3.02. The Morgan fingerprint density at radius 2 is 2.13 bits per heavy atom. The van der Waals surface area contributed by atoms with Crippen molar-refractivity contribution in [2.24, 2.45) is 0 Å². The molecule has 3 rings (SSSR count). The Bertz CT molecular complexity index is 753. The standard InChI is InChI=1S/C17H19N3OS2/c1-3-20-16(11-15-8-5-9-22-15)18-19-17(20)23-12-13-6-4-7-14(10-13)21-2/h4-10H,3,11-12H2,1-2H3. The van der Waals surface area contributed by atoms with Crippen molar-refractivity contribution in [2.75, 3.05) is 7.11 Å². The summed E-state index contributed by atoms with van der Waals surface area (Å²) in [5.41, 5.74) is 1.22. The molecule has 0 aliphatic carbocycles. The lowest BCUT2D eigenvalue weighted by Crippen LogP contribution is -2.03. The average molecular weight is 345 g/mol. The highest BCUT2D eigenvalue weighted by molar-refractivity contribution is 7.98. The van der Waals surface area contributed by atoms with Crippen molar-refractivity contribution in [3.05, 3.63) is 58.0 Å². The molecule has 0 bridgehead atoms. The van der Waals surface area contributed by atoms with Gasteiger partial charge in [-0.2, -0.15) is 0 Å². The van der Waals surface area contributed by atoms with Crippen molar-refractivity contribution in [3.8, 4) is 5.75 Å². The van der Waals surface area contributed by atoms with Gasteiger partial charge < -0.3 is 9.30 Å². The second kappa shape index (κ2) is 7.66. The van der Waals surface area contributed by atoms with E-state index in [9.17, 15) is 0 Å². The zero-order valence-electron chi connectivity index (χ0n) is 13.2. The number of benzene rings is 1. The first-order valence-corrected chi connectivity index (χ1v) is 9.37. The molecular weight excluding hydrogens is 326 g/mol. The number of nitrogens with zero attached hydrogens (tertiary/aromatic N) is 3. The molecule has 0 radical (unpaired) electrons. The summed E-state index contributed by atoms with van der Waals surface area (Å²) in [4.78, 5) is 1.32. The molecule has 120 valence electrons. The number of hydrogen-bond acceptors (Lipinski definition) is 5. The highest BCUT2D eigenvalue weighted by atomic mass is 32.2. The van der Waals surface area contributed by atoms with Gasteiger partial charge in [0.2, 0.25) is 0 Å². The smallest absolute Gasteiger partial charge is 0.191 e. The number of thiophene rings is 1. The summed E-state index contributed by atoms with van der Waals surface area (Å²) in [5.74, 6) is 2.77. The zero-order valence-corrected chi connectivity index (χ0v) is 14.9. The molecule has 2 aromatic heterocycles. The van der Waals surface area contributed by atoms with Gasteiger partial charge in [-0.05, 0) is 36.1 Å². The van der Waals surface area contributed by atoms with Gasteiger partial charge in [0.1, 0.15) is 11.6 Å². The molecule has 0 amide bonds. The van der Waals surface area contributed by atoms with Crippen molar-refractivity contribution < 1.29 is 4.74 Å². The molecule has 0 unspecified atom stereocenters. The van der Waals surface area contributed by atoms with Gasteiger partial charge >= 0.3 is 0 Å². The van der Waals surface area contributed by atoms with E-state index in [-0.39, 0.29) is 0 Å². The molecule has 0 N–H and O–H groups in total. The third-order valence-electron chi connectivity index (χ3n) is 3.52. The molecule has 0 saturated carbocycles. The van der Waals surface area contributed by atoms with Crippen molar-refractivity contribution >= 4 is 23.1 Å².